The lowest BCUT2D eigenvalue weighted by molar-refractivity contribution is -0.163. The third-order valence-electron chi connectivity index (χ3n) is 9.83. The second-order valence-corrected chi connectivity index (χ2v) is 13.6. The molecule has 9 nitrogen and oxygen atoms in total. The lowest BCUT2D eigenvalue weighted by Gasteiger charge is -2.51. The summed E-state index contributed by atoms with van der Waals surface area (Å²) >= 11 is 3.34. The molecule has 3 aromatic heterocycles. The van der Waals surface area contributed by atoms with Crippen molar-refractivity contribution in [3.8, 4) is 28.3 Å². The van der Waals surface area contributed by atoms with E-state index in [0.29, 0.717) is 46.2 Å². The molecule has 12 heteroatoms. The van der Waals surface area contributed by atoms with Crippen molar-refractivity contribution in [2.24, 2.45) is 5.41 Å². The number of carbonyl (C=O) groups is 1. The summed E-state index contributed by atoms with van der Waals surface area (Å²) in [5.41, 5.74) is 6.46. The zero-order valence-corrected chi connectivity index (χ0v) is 28.9. The largest absolute Gasteiger partial charge is 0.481 e. The number of hydrogen-bond donors (Lipinski definition) is 1. The predicted octanol–water partition coefficient (Wildman–Crippen LogP) is 8.43. The highest BCUT2D eigenvalue weighted by Gasteiger charge is 2.50. The summed E-state index contributed by atoms with van der Waals surface area (Å²) < 4.78 is 39.0. The maximum atomic E-state index is 13.7. The van der Waals surface area contributed by atoms with Gasteiger partial charge in [0.15, 0.2) is 11.6 Å². The van der Waals surface area contributed by atoms with E-state index in [-0.39, 0.29) is 11.8 Å². The van der Waals surface area contributed by atoms with Gasteiger partial charge in [-0.3, -0.25) is 9.69 Å². The fourth-order valence-electron chi connectivity index (χ4n) is 7.27. The van der Waals surface area contributed by atoms with E-state index in [9.17, 15) is 13.6 Å². The maximum absolute atomic E-state index is 13.7. The number of fused-ring (bicyclic) bond motifs is 4. The highest BCUT2D eigenvalue weighted by Crippen LogP contribution is 2.46. The fourth-order valence-corrected chi connectivity index (χ4v) is 7.59. The van der Waals surface area contributed by atoms with Gasteiger partial charge in [0.2, 0.25) is 5.88 Å². The van der Waals surface area contributed by atoms with Gasteiger partial charge in [0.05, 0.1) is 30.8 Å². The highest BCUT2D eigenvalue weighted by molar-refractivity contribution is 9.10. The minimum atomic E-state index is -2.83. The average Bonchev–Trinajstić information content (AvgIpc) is 3.12. The number of pyridine rings is 2. The van der Waals surface area contributed by atoms with E-state index in [0.717, 1.165) is 59.2 Å². The van der Waals surface area contributed by atoms with E-state index in [1.165, 1.54) is 7.11 Å². The quantitative estimate of drug-likeness (QED) is 0.150. The highest BCUT2D eigenvalue weighted by atomic mass is 79.9. The van der Waals surface area contributed by atoms with Crippen LogP contribution in [0.1, 0.15) is 49.1 Å². The van der Waals surface area contributed by atoms with Gasteiger partial charge in [-0.05, 0) is 89.5 Å². The second-order valence-electron chi connectivity index (χ2n) is 12.7. The lowest BCUT2D eigenvalue weighted by Crippen LogP contribution is -2.56. The molecule has 3 aliphatic rings. The Labute approximate surface area is 291 Å². The molecule has 2 aromatic carbocycles. The van der Waals surface area contributed by atoms with Crippen LogP contribution in [0.25, 0.3) is 33.4 Å². The Hall–Kier alpha value is -4.55. The van der Waals surface area contributed by atoms with Gasteiger partial charge in [-0.1, -0.05) is 36.4 Å². The number of esters is 1. The monoisotopic (exact) mass is 728 g/mol. The Balaban J connectivity index is 1.16. The number of carbonyl (C=O) groups excluding carboxylic acids is 1. The van der Waals surface area contributed by atoms with Crippen molar-refractivity contribution in [3.63, 3.8) is 0 Å². The number of ether oxygens (including phenoxy) is 2. The van der Waals surface area contributed by atoms with E-state index in [2.05, 4.69) is 53.2 Å². The van der Waals surface area contributed by atoms with Crippen molar-refractivity contribution in [2.45, 2.75) is 51.6 Å². The molecule has 1 saturated carbocycles. The molecular formula is C37H35BrF2N6O3. The summed E-state index contributed by atoms with van der Waals surface area (Å²) in [5, 5.41) is 3.24. The molecule has 3 fully saturated rings. The molecule has 2 bridgehead atoms. The number of piperidine rings is 2. The van der Waals surface area contributed by atoms with Crippen LogP contribution in [0.2, 0.25) is 0 Å². The molecule has 252 valence electrons. The van der Waals surface area contributed by atoms with Crippen LogP contribution in [-0.4, -0.2) is 57.6 Å². The van der Waals surface area contributed by atoms with Crippen molar-refractivity contribution < 1.29 is 23.0 Å². The molecule has 8 rings (SSSR count). The number of anilines is 2. The standard InChI is InChI=1S/C37H35BrF2N6O3/c1-21-27(8-5-9-28(21)42-33-31-30(17-25(38)18-41-31)43-34(45-33)32(39)40)22-6-4-7-23(16-22)29-11-10-24(35(44-29)48-2)19-46-20-37(36(47)49-3)14-12-26(46)13-15-37/h4-11,16-18,26,32H,12-15,19-20H2,1-3H3,(H,42,43,45). The molecule has 5 aromatic rings. The van der Waals surface area contributed by atoms with Crippen LogP contribution in [0, 0.1) is 12.3 Å². The average molecular weight is 730 g/mol. The van der Waals surface area contributed by atoms with E-state index in [1.807, 2.05) is 49.4 Å². The van der Waals surface area contributed by atoms with Crippen LogP contribution < -0.4 is 10.1 Å². The zero-order chi connectivity index (χ0) is 34.3. The summed E-state index contributed by atoms with van der Waals surface area (Å²) in [7, 11) is 3.11. The summed E-state index contributed by atoms with van der Waals surface area (Å²) in [6.45, 7) is 3.30. The Morgan fingerprint density at radius 2 is 1.82 bits per heavy atom. The third kappa shape index (κ3) is 6.35. The maximum Gasteiger partial charge on any atom is 0.313 e. The number of methoxy groups -OCH3 is 2. The molecule has 2 aliphatic heterocycles. The number of alkyl halides is 2. The zero-order valence-electron chi connectivity index (χ0n) is 27.3. The topological polar surface area (TPSA) is 102 Å². The van der Waals surface area contributed by atoms with Crippen LogP contribution >= 0.6 is 15.9 Å². The van der Waals surface area contributed by atoms with E-state index in [1.54, 1.807) is 19.4 Å². The van der Waals surface area contributed by atoms with Gasteiger partial charge in [0.1, 0.15) is 5.52 Å². The van der Waals surface area contributed by atoms with Crippen molar-refractivity contribution in [2.75, 3.05) is 26.1 Å². The molecule has 0 amide bonds. The van der Waals surface area contributed by atoms with Crippen molar-refractivity contribution in [3.05, 3.63) is 88.3 Å². The van der Waals surface area contributed by atoms with Gasteiger partial charge >= 0.3 is 5.97 Å². The van der Waals surface area contributed by atoms with Gasteiger partial charge in [0.25, 0.3) is 6.43 Å². The molecule has 5 heterocycles. The second kappa shape index (κ2) is 13.4. The number of nitrogens with one attached hydrogen (secondary N) is 1. The van der Waals surface area contributed by atoms with E-state index in [4.69, 9.17) is 14.5 Å². The molecule has 1 N–H and O–H groups in total. The smallest absolute Gasteiger partial charge is 0.313 e. The normalized spacial score (nSPS) is 19.0. The van der Waals surface area contributed by atoms with Crippen LogP contribution in [0.3, 0.4) is 0 Å². The van der Waals surface area contributed by atoms with Crippen molar-refractivity contribution >= 4 is 44.4 Å². The first kappa shape index (κ1) is 33.0. The van der Waals surface area contributed by atoms with E-state index < -0.39 is 17.7 Å². The van der Waals surface area contributed by atoms with Gasteiger partial charge in [-0.2, -0.15) is 0 Å². The lowest BCUT2D eigenvalue weighted by atomic mass is 9.67. The Morgan fingerprint density at radius 1 is 1.04 bits per heavy atom. The van der Waals surface area contributed by atoms with Gasteiger partial charge < -0.3 is 14.8 Å². The van der Waals surface area contributed by atoms with Gasteiger partial charge in [0, 0.05) is 46.6 Å². The Bertz CT molecular complexity index is 2050. The number of hydrogen-bond acceptors (Lipinski definition) is 9. The predicted molar refractivity (Wildman–Crippen MR) is 187 cm³/mol. The molecule has 0 spiro atoms. The number of halogens is 3. The molecule has 0 atom stereocenters. The number of rotatable bonds is 9. The molecule has 0 radical (unpaired) electrons. The first-order valence-corrected chi connectivity index (χ1v) is 16.9. The Morgan fingerprint density at radius 3 is 2.57 bits per heavy atom. The first-order valence-electron chi connectivity index (χ1n) is 16.1. The third-order valence-corrected chi connectivity index (χ3v) is 10.3. The van der Waals surface area contributed by atoms with Crippen LogP contribution in [-0.2, 0) is 16.1 Å². The van der Waals surface area contributed by atoms with Crippen LogP contribution in [0.4, 0.5) is 20.3 Å². The first-order chi connectivity index (χ1) is 23.7. The number of aromatic nitrogens is 4. The van der Waals surface area contributed by atoms with Crippen LogP contribution in [0.15, 0.2) is 71.3 Å². The number of nitrogens with zero attached hydrogens (tertiary/aromatic N) is 5. The summed E-state index contributed by atoms with van der Waals surface area (Å²) in [5.74, 6) is 0.0794. The molecule has 49 heavy (non-hydrogen) atoms. The molecule has 0 unspecified atom stereocenters. The molecule has 1 aliphatic carbocycles. The van der Waals surface area contributed by atoms with Crippen LogP contribution in [0.5, 0.6) is 5.88 Å². The summed E-state index contributed by atoms with van der Waals surface area (Å²) in [6, 6.07) is 20.0. The van der Waals surface area contributed by atoms with Gasteiger partial charge in [-0.15, -0.1) is 0 Å². The SMILES string of the molecule is COC(=O)C12CCC(CC1)N(Cc1ccc(-c3cccc(-c4cccc(Nc5nc(C(F)F)nc6cc(Br)cnc56)c4C)c3)nc1OC)C2. The van der Waals surface area contributed by atoms with Gasteiger partial charge in [-0.25, -0.2) is 28.7 Å². The van der Waals surface area contributed by atoms with Crippen molar-refractivity contribution in [1.29, 1.82) is 0 Å². The van der Waals surface area contributed by atoms with Crippen molar-refractivity contribution in [1.82, 2.24) is 24.8 Å². The number of benzene rings is 2. The minimum Gasteiger partial charge on any atom is -0.481 e. The van der Waals surface area contributed by atoms with E-state index >= 15 is 0 Å². The minimum absolute atomic E-state index is 0.110. The molecular weight excluding hydrogens is 694 g/mol. The summed E-state index contributed by atoms with van der Waals surface area (Å²) in [4.78, 5) is 32.5. The molecule has 2 saturated heterocycles. The fraction of sp³-hybridized carbons (Fsp3) is 0.324. The summed E-state index contributed by atoms with van der Waals surface area (Å²) in [6.07, 6.45) is 2.45. The Kier molecular flexibility index (Phi) is 9.01.